The van der Waals surface area contributed by atoms with E-state index in [9.17, 15) is 27.2 Å². The highest BCUT2D eigenvalue weighted by molar-refractivity contribution is 5.96. The number of aryl methyl sites for hydroxylation is 2. The third-order valence-corrected chi connectivity index (χ3v) is 11.4. The fourth-order valence-electron chi connectivity index (χ4n) is 9.18. The molecule has 2 saturated carbocycles. The van der Waals surface area contributed by atoms with Crippen molar-refractivity contribution >= 4 is 11.8 Å². The molecule has 4 bridgehead atoms. The molecule has 252 valence electrons. The van der Waals surface area contributed by atoms with Gasteiger partial charge in [-0.2, -0.15) is 10.2 Å². The van der Waals surface area contributed by atoms with Gasteiger partial charge in [0.15, 0.2) is 0 Å². The highest BCUT2D eigenvalue weighted by Crippen LogP contribution is 2.60. The van der Waals surface area contributed by atoms with Crippen molar-refractivity contribution in [2.45, 2.75) is 75.3 Å². The number of carbonyl (C=O) groups is 2. The normalized spacial score (nSPS) is 27.5. The van der Waals surface area contributed by atoms with Crippen molar-refractivity contribution in [1.82, 2.24) is 30.2 Å². The Morgan fingerprint density at radius 1 is 0.708 bits per heavy atom. The topological polar surface area (TPSA) is 93.8 Å². The van der Waals surface area contributed by atoms with Crippen molar-refractivity contribution in [3.63, 3.8) is 0 Å². The molecule has 0 spiro atoms. The standard InChI is InChI=1S/2C18H19F2N3O/c2*1-10-11-7-8-18(10,14-6-4-3-5-12(11)14)21-17(24)13-9-23(2)22-15(13)16(19)20/h2*3-6,9-11,16H,7-8H2,1-2H3,(H,21,24). The summed E-state index contributed by atoms with van der Waals surface area (Å²) in [5.41, 5.74) is 2.88. The van der Waals surface area contributed by atoms with Gasteiger partial charge in [-0.1, -0.05) is 62.4 Å². The highest BCUT2D eigenvalue weighted by atomic mass is 19.3. The lowest BCUT2D eigenvalue weighted by atomic mass is 9.84. The van der Waals surface area contributed by atoms with Crippen LogP contribution in [0.15, 0.2) is 60.9 Å². The Bertz CT molecular complexity index is 1770. The lowest BCUT2D eigenvalue weighted by Crippen LogP contribution is -2.46. The molecule has 2 fully saturated rings. The van der Waals surface area contributed by atoms with E-state index in [0.717, 1.165) is 36.8 Å². The van der Waals surface area contributed by atoms with Gasteiger partial charge in [-0.25, -0.2) is 17.6 Å². The van der Waals surface area contributed by atoms with Crippen LogP contribution in [0.1, 0.15) is 119 Å². The predicted molar refractivity (Wildman–Crippen MR) is 170 cm³/mol. The second-order valence-corrected chi connectivity index (χ2v) is 13.7. The number of nitrogens with zero attached hydrogens (tertiary/aromatic N) is 4. The van der Waals surface area contributed by atoms with Crippen molar-refractivity contribution in [1.29, 1.82) is 0 Å². The average Bonchev–Trinajstić information content (AvgIpc) is 3.88. The first-order valence-electron chi connectivity index (χ1n) is 16.3. The third kappa shape index (κ3) is 4.77. The zero-order chi connectivity index (χ0) is 34.1. The molecule has 2 amide bonds. The Morgan fingerprint density at radius 3 is 1.46 bits per heavy atom. The molecule has 8 nitrogen and oxygen atoms in total. The van der Waals surface area contributed by atoms with Gasteiger partial charge in [0.2, 0.25) is 0 Å². The molecule has 2 N–H and O–H groups in total. The molecule has 6 unspecified atom stereocenters. The molecule has 2 aromatic carbocycles. The van der Waals surface area contributed by atoms with E-state index < -0.39 is 47.1 Å². The average molecular weight is 663 g/mol. The Labute approximate surface area is 275 Å². The van der Waals surface area contributed by atoms with Crippen LogP contribution in [0, 0.1) is 11.8 Å². The number of amides is 2. The Balaban J connectivity index is 0.000000152. The molecule has 4 aromatic rings. The summed E-state index contributed by atoms with van der Waals surface area (Å²) in [5.74, 6) is 0.413. The summed E-state index contributed by atoms with van der Waals surface area (Å²) in [4.78, 5) is 25.6. The van der Waals surface area contributed by atoms with Crippen LogP contribution in [0.4, 0.5) is 17.6 Å². The van der Waals surface area contributed by atoms with Gasteiger partial charge >= 0.3 is 0 Å². The minimum Gasteiger partial charge on any atom is -0.342 e. The fourth-order valence-corrected chi connectivity index (χ4v) is 9.18. The van der Waals surface area contributed by atoms with E-state index >= 15 is 0 Å². The second-order valence-electron chi connectivity index (χ2n) is 13.7. The maximum atomic E-state index is 13.2. The molecular weight excluding hydrogens is 624 g/mol. The van der Waals surface area contributed by atoms with Crippen LogP contribution in [0.25, 0.3) is 0 Å². The van der Waals surface area contributed by atoms with Gasteiger partial charge in [-0.05, 0) is 71.6 Å². The second kappa shape index (κ2) is 11.6. The van der Waals surface area contributed by atoms with Crippen LogP contribution in [0.5, 0.6) is 0 Å². The molecule has 6 atom stereocenters. The van der Waals surface area contributed by atoms with Gasteiger partial charge in [0.05, 0.1) is 22.2 Å². The first-order chi connectivity index (χ1) is 22.9. The number of rotatable bonds is 6. The maximum absolute atomic E-state index is 13.2. The smallest absolute Gasteiger partial charge is 0.282 e. The number of nitrogens with one attached hydrogen (secondary N) is 2. The van der Waals surface area contributed by atoms with Crippen molar-refractivity contribution in [3.8, 4) is 0 Å². The number of hydrogen-bond acceptors (Lipinski definition) is 4. The fraction of sp³-hybridized carbons (Fsp3) is 0.444. The molecule has 12 heteroatoms. The van der Waals surface area contributed by atoms with Gasteiger partial charge in [0, 0.05) is 26.5 Å². The molecule has 4 aliphatic carbocycles. The molecule has 2 aromatic heterocycles. The molecule has 4 aliphatic rings. The first kappa shape index (κ1) is 32.1. The molecule has 48 heavy (non-hydrogen) atoms. The maximum Gasteiger partial charge on any atom is 0.282 e. The van der Waals surface area contributed by atoms with Gasteiger partial charge in [-0.3, -0.25) is 19.0 Å². The van der Waals surface area contributed by atoms with Crippen LogP contribution in [-0.2, 0) is 25.2 Å². The van der Waals surface area contributed by atoms with Gasteiger partial charge in [0.25, 0.3) is 24.7 Å². The summed E-state index contributed by atoms with van der Waals surface area (Å²) in [6.45, 7) is 4.27. The van der Waals surface area contributed by atoms with Crippen molar-refractivity contribution in [2.75, 3.05) is 0 Å². The van der Waals surface area contributed by atoms with Crippen molar-refractivity contribution in [2.24, 2.45) is 25.9 Å². The first-order valence-corrected chi connectivity index (χ1v) is 16.3. The van der Waals surface area contributed by atoms with Crippen LogP contribution in [-0.4, -0.2) is 31.4 Å². The Morgan fingerprint density at radius 2 is 1.08 bits per heavy atom. The summed E-state index contributed by atoms with van der Waals surface area (Å²) >= 11 is 0. The highest BCUT2D eigenvalue weighted by Gasteiger charge is 2.56. The number of halogens is 4. The number of aromatic nitrogens is 4. The lowest BCUT2D eigenvalue weighted by molar-refractivity contribution is 0.0858. The molecule has 0 radical (unpaired) electrons. The lowest BCUT2D eigenvalue weighted by Gasteiger charge is -2.33. The SMILES string of the molecule is CC1C2CCC1(NC(=O)c1cn(C)nc1C(F)F)c1ccccc12.CC1C2CCC1(NC(=O)c1cn(C)nc1C(F)F)c1ccccc12. The molecule has 8 rings (SSSR count). The van der Waals surface area contributed by atoms with E-state index in [0.29, 0.717) is 11.8 Å². The summed E-state index contributed by atoms with van der Waals surface area (Å²) < 4.78 is 55.2. The third-order valence-electron chi connectivity index (χ3n) is 11.4. The quantitative estimate of drug-likeness (QED) is 0.217. The van der Waals surface area contributed by atoms with Crippen molar-refractivity contribution in [3.05, 3.63) is 106 Å². The Hall–Kier alpha value is -4.48. The number of hydrogen-bond donors (Lipinski definition) is 2. The van der Waals surface area contributed by atoms with Crippen molar-refractivity contribution < 1.29 is 27.2 Å². The van der Waals surface area contributed by atoms with Gasteiger partial charge in [-0.15, -0.1) is 0 Å². The van der Waals surface area contributed by atoms with E-state index in [-0.39, 0.29) is 23.0 Å². The largest absolute Gasteiger partial charge is 0.342 e. The van der Waals surface area contributed by atoms with Crippen LogP contribution >= 0.6 is 0 Å². The van der Waals surface area contributed by atoms with E-state index in [4.69, 9.17) is 0 Å². The van der Waals surface area contributed by atoms with Gasteiger partial charge < -0.3 is 10.6 Å². The monoisotopic (exact) mass is 662 g/mol. The molecule has 0 saturated heterocycles. The predicted octanol–water partition coefficient (Wildman–Crippen LogP) is 7.02. The number of benzene rings is 2. The van der Waals surface area contributed by atoms with Crippen LogP contribution in [0.2, 0.25) is 0 Å². The summed E-state index contributed by atoms with van der Waals surface area (Å²) in [5, 5.41) is 13.6. The molecule has 0 aliphatic heterocycles. The zero-order valence-corrected chi connectivity index (χ0v) is 27.2. The number of fused-ring (bicyclic) bond motifs is 10. The van der Waals surface area contributed by atoms with E-state index in [1.165, 1.54) is 32.9 Å². The van der Waals surface area contributed by atoms with E-state index in [1.807, 2.05) is 36.4 Å². The minimum absolute atomic E-state index is 0.0399. The molecule has 2 heterocycles. The summed E-state index contributed by atoms with van der Waals surface area (Å²) in [6, 6.07) is 16.3. The van der Waals surface area contributed by atoms with Crippen LogP contribution in [0.3, 0.4) is 0 Å². The number of carbonyl (C=O) groups excluding carboxylic acids is 2. The number of alkyl halides is 4. The van der Waals surface area contributed by atoms with E-state index in [2.05, 4.69) is 46.8 Å². The van der Waals surface area contributed by atoms with E-state index in [1.54, 1.807) is 14.1 Å². The van der Waals surface area contributed by atoms with Gasteiger partial charge in [0.1, 0.15) is 11.4 Å². The Kier molecular flexibility index (Phi) is 7.75. The summed E-state index contributed by atoms with van der Waals surface area (Å²) in [6.07, 6.45) is 0.887. The zero-order valence-electron chi connectivity index (χ0n) is 27.2. The minimum atomic E-state index is -2.77. The summed E-state index contributed by atoms with van der Waals surface area (Å²) in [7, 11) is 3.08. The van der Waals surface area contributed by atoms with Crippen LogP contribution < -0.4 is 10.6 Å². The molecular formula is C36H38F4N6O2.